The minimum absolute atomic E-state index is 0.0354. The molecule has 0 spiro atoms. The Hall–Kier alpha value is -2.54. The number of aromatic carboxylic acids is 1. The molecule has 7 nitrogen and oxygen atoms in total. The first-order valence-corrected chi connectivity index (χ1v) is 6.43. The molecule has 8 heteroatoms. The Bertz CT molecular complexity index is 684. The van der Waals surface area contributed by atoms with Crippen molar-refractivity contribution in [1.82, 2.24) is 14.9 Å². The van der Waals surface area contributed by atoms with Gasteiger partial charge in [0.1, 0.15) is 0 Å². The number of nitrogen functional groups attached to an aromatic ring is 1. The van der Waals surface area contributed by atoms with E-state index in [9.17, 15) is 9.59 Å². The molecular weight excluding hydrogens is 296 g/mol. The second-order valence-corrected chi connectivity index (χ2v) is 4.70. The van der Waals surface area contributed by atoms with Crippen LogP contribution < -0.4 is 11.1 Å². The number of anilines is 1. The number of carboxylic acid groups (broad SMARTS) is 1. The highest BCUT2D eigenvalue weighted by Gasteiger charge is 2.08. The molecule has 0 saturated carbocycles. The number of nitrogens with one attached hydrogen (secondary N) is 1. The van der Waals surface area contributed by atoms with Crippen LogP contribution in [0.4, 0.5) is 5.69 Å². The molecule has 1 aromatic heterocycles. The molecule has 21 heavy (non-hydrogen) atoms. The summed E-state index contributed by atoms with van der Waals surface area (Å²) in [6, 6.07) is 4.63. The Labute approximate surface area is 125 Å². The topological polar surface area (TPSA) is 110 Å². The van der Waals surface area contributed by atoms with Crippen molar-refractivity contribution in [3.05, 3.63) is 47.0 Å². The molecule has 0 atom stereocenters. The maximum absolute atomic E-state index is 11.9. The van der Waals surface area contributed by atoms with Gasteiger partial charge in [0, 0.05) is 24.8 Å². The van der Waals surface area contributed by atoms with Crippen LogP contribution in [0, 0.1) is 0 Å². The predicted octanol–water partition coefficient (Wildman–Crippen LogP) is 1.25. The normalized spacial score (nSPS) is 10.3. The first kappa shape index (κ1) is 14.9. The number of carboxylic acids is 1. The highest BCUT2D eigenvalue weighted by molar-refractivity contribution is 6.33. The van der Waals surface area contributed by atoms with Gasteiger partial charge in [-0.05, 0) is 18.2 Å². The van der Waals surface area contributed by atoms with Crippen molar-refractivity contribution < 1.29 is 14.7 Å². The predicted molar refractivity (Wildman–Crippen MR) is 77.4 cm³/mol. The van der Waals surface area contributed by atoms with Crippen LogP contribution in [-0.4, -0.2) is 33.1 Å². The summed E-state index contributed by atoms with van der Waals surface area (Å²) in [5.41, 5.74) is 6.34. The molecule has 0 unspecified atom stereocenters. The Balaban J connectivity index is 1.88. The standard InChI is InChI=1S/C13H13ClN4O3/c14-9-2-1-8(5-10(9)15)12(19)16-3-4-18-6-11(13(20)21)17-7-18/h1-2,5-7H,3-4,15H2,(H,16,19)(H,20,21). The molecule has 110 valence electrons. The van der Waals surface area contributed by atoms with Crippen LogP contribution in [0.15, 0.2) is 30.7 Å². The van der Waals surface area contributed by atoms with E-state index in [1.807, 2.05) is 0 Å². The molecule has 0 aliphatic heterocycles. The molecule has 0 bridgehead atoms. The summed E-state index contributed by atoms with van der Waals surface area (Å²) in [6.07, 6.45) is 2.80. The molecule has 0 aliphatic rings. The molecule has 4 N–H and O–H groups in total. The van der Waals surface area contributed by atoms with Crippen LogP contribution in [0.5, 0.6) is 0 Å². The van der Waals surface area contributed by atoms with Gasteiger partial charge in [0.25, 0.3) is 5.91 Å². The van der Waals surface area contributed by atoms with Crippen LogP contribution in [0.2, 0.25) is 5.02 Å². The van der Waals surface area contributed by atoms with Crippen LogP contribution >= 0.6 is 11.6 Å². The minimum atomic E-state index is -1.09. The van der Waals surface area contributed by atoms with E-state index >= 15 is 0 Å². The van der Waals surface area contributed by atoms with Gasteiger partial charge in [-0.1, -0.05) is 11.6 Å². The van der Waals surface area contributed by atoms with Gasteiger partial charge >= 0.3 is 5.97 Å². The van der Waals surface area contributed by atoms with Gasteiger partial charge in [-0.25, -0.2) is 9.78 Å². The van der Waals surface area contributed by atoms with Gasteiger partial charge in [-0.2, -0.15) is 0 Å². The lowest BCUT2D eigenvalue weighted by atomic mass is 10.2. The lowest BCUT2D eigenvalue weighted by Gasteiger charge is -2.07. The van der Waals surface area contributed by atoms with E-state index in [4.69, 9.17) is 22.4 Å². The summed E-state index contributed by atoms with van der Waals surface area (Å²) in [6.45, 7) is 0.742. The number of carbonyl (C=O) groups is 2. The van der Waals surface area contributed by atoms with E-state index < -0.39 is 5.97 Å². The van der Waals surface area contributed by atoms with Crippen molar-refractivity contribution in [1.29, 1.82) is 0 Å². The maximum Gasteiger partial charge on any atom is 0.356 e. The highest BCUT2D eigenvalue weighted by atomic mass is 35.5. The number of nitrogens with zero attached hydrogens (tertiary/aromatic N) is 2. The van der Waals surface area contributed by atoms with Crippen LogP contribution in [0.1, 0.15) is 20.8 Å². The van der Waals surface area contributed by atoms with Gasteiger partial charge in [0.05, 0.1) is 17.0 Å². The molecule has 1 amide bonds. The molecule has 0 aliphatic carbocycles. The molecule has 1 aromatic carbocycles. The molecule has 2 rings (SSSR count). The number of imidazole rings is 1. The van der Waals surface area contributed by atoms with Crippen LogP contribution in [-0.2, 0) is 6.54 Å². The number of nitrogens with two attached hydrogens (primary N) is 1. The number of hydrogen-bond donors (Lipinski definition) is 3. The number of carbonyl (C=O) groups excluding carboxylic acids is 1. The van der Waals surface area contributed by atoms with Crippen LogP contribution in [0.3, 0.4) is 0 Å². The van der Waals surface area contributed by atoms with Crippen molar-refractivity contribution >= 4 is 29.2 Å². The van der Waals surface area contributed by atoms with Gasteiger partial charge in [0.15, 0.2) is 5.69 Å². The zero-order chi connectivity index (χ0) is 15.4. The quantitative estimate of drug-likeness (QED) is 0.720. The Kier molecular flexibility index (Phi) is 4.44. The second kappa shape index (κ2) is 6.27. The van der Waals surface area contributed by atoms with E-state index in [2.05, 4.69) is 10.3 Å². The van der Waals surface area contributed by atoms with E-state index in [1.165, 1.54) is 18.6 Å². The van der Waals surface area contributed by atoms with Crippen molar-refractivity contribution in [3.8, 4) is 0 Å². The summed E-state index contributed by atoms with van der Waals surface area (Å²) in [4.78, 5) is 26.3. The van der Waals surface area contributed by atoms with Gasteiger partial charge in [-0.3, -0.25) is 4.79 Å². The second-order valence-electron chi connectivity index (χ2n) is 4.29. The van der Waals surface area contributed by atoms with E-state index in [0.717, 1.165) is 0 Å². The van der Waals surface area contributed by atoms with E-state index in [0.29, 0.717) is 29.4 Å². The highest BCUT2D eigenvalue weighted by Crippen LogP contribution is 2.19. The van der Waals surface area contributed by atoms with E-state index in [1.54, 1.807) is 16.7 Å². The average molecular weight is 309 g/mol. The smallest absolute Gasteiger partial charge is 0.356 e. The Morgan fingerprint density at radius 1 is 1.43 bits per heavy atom. The number of hydrogen-bond acceptors (Lipinski definition) is 4. The number of halogens is 1. The van der Waals surface area contributed by atoms with Crippen molar-refractivity contribution in [2.75, 3.05) is 12.3 Å². The summed E-state index contributed by atoms with van der Waals surface area (Å²) < 4.78 is 1.58. The summed E-state index contributed by atoms with van der Waals surface area (Å²) in [7, 11) is 0. The average Bonchev–Trinajstić information content (AvgIpc) is 2.91. The monoisotopic (exact) mass is 308 g/mol. The fraction of sp³-hybridized carbons (Fsp3) is 0.154. The first-order chi connectivity index (χ1) is 9.97. The van der Waals surface area contributed by atoms with E-state index in [-0.39, 0.29) is 11.6 Å². The summed E-state index contributed by atoms with van der Waals surface area (Å²) in [5.74, 6) is -1.37. The third kappa shape index (κ3) is 3.73. The maximum atomic E-state index is 11.9. The number of benzene rings is 1. The molecule has 2 aromatic rings. The minimum Gasteiger partial charge on any atom is -0.476 e. The number of aromatic nitrogens is 2. The molecule has 0 radical (unpaired) electrons. The largest absolute Gasteiger partial charge is 0.476 e. The first-order valence-electron chi connectivity index (χ1n) is 6.05. The fourth-order valence-corrected chi connectivity index (χ4v) is 1.80. The van der Waals surface area contributed by atoms with Crippen molar-refractivity contribution in [2.24, 2.45) is 0 Å². The summed E-state index contributed by atoms with van der Waals surface area (Å²) >= 11 is 5.78. The van der Waals surface area contributed by atoms with Crippen molar-refractivity contribution in [2.45, 2.75) is 6.54 Å². The van der Waals surface area contributed by atoms with Crippen LogP contribution in [0.25, 0.3) is 0 Å². The molecular formula is C13H13ClN4O3. The van der Waals surface area contributed by atoms with Gasteiger partial charge in [-0.15, -0.1) is 0 Å². The lowest BCUT2D eigenvalue weighted by Crippen LogP contribution is -2.27. The Morgan fingerprint density at radius 3 is 2.81 bits per heavy atom. The number of rotatable bonds is 5. The molecule has 0 fully saturated rings. The van der Waals surface area contributed by atoms with Gasteiger partial charge < -0.3 is 20.7 Å². The molecule has 0 saturated heterocycles. The third-order valence-corrected chi connectivity index (χ3v) is 3.11. The Morgan fingerprint density at radius 2 is 2.19 bits per heavy atom. The summed E-state index contributed by atoms with van der Waals surface area (Å²) in [5, 5.41) is 11.8. The SMILES string of the molecule is Nc1cc(C(=O)NCCn2cnc(C(=O)O)c2)ccc1Cl. The van der Waals surface area contributed by atoms with Gasteiger partial charge in [0.2, 0.25) is 0 Å². The third-order valence-electron chi connectivity index (χ3n) is 2.77. The zero-order valence-corrected chi connectivity index (χ0v) is 11.7. The fourth-order valence-electron chi connectivity index (χ4n) is 1.68. The lowest BCUT2D eigenvalue weighted by molar-refractivity contribution is 0.0690. The number of amides is 1. The van der Waals surface area contributed by atoms with Crippen molar-refractivity contribution in [3.63, 3.8) is 0 Å². The molecule has 1 heterocycles. The zero-order valence-electron chi connectivity index (χ0n) is 10.9.